The molecule has 0 fully saturated rings. The van der Waals surface area contributed by atoms with Crippen molar-refractivity contribution in [2.45, 2.75) is 12.5 Å². The molecule has 12 heteroatoms. The van der Waals surface area contributed by atoms with Crippen molar-refractivity contribution in [2.75, 3.05) is 50.9 Å². The molecule has 1 atom stereocenters. The van der Waals surface area contributed by atoms with E-state index in [2.05, 4.69) is 57.4 Å². The molecule has 0 unspecified atom stereocenters. The summed E-state index contributed by atoms with van der Waals surface area (Å²) in [5.74, 6) is -0.627. The molecule has 11 nitrogen and oxygen atoms in total. The number of carbonyl (C=O) groups excluding carboxylic acids is 3. The van der Waals surface area contributed by atoms with Crippen LogP contribution in [0.15, 0.2) is 131 Å². The Labute approximate surface area is 322 Å². The lowest BCUT2D eigenvalue weighted by molar-refractivity contribution is -0.122. The molecule has 0 saturated carbocycles. The number of H-pyrrole nitrogens is 1. The Morgan fingerprint density at radius 3 is 2.33 bits per heavy atom. The van der Waals surface area contributed by atoms with E-state index in [-0.39, 0.29) is 30.3 Å². The van der Waals surface area contributed by atoms with Gasteiger partial charge >= 0.3 is 0 Å². The molecule has 6 rings (SSSR count). The molecule has 0 aliphatic carbocycles. The number of likely N-dealkylation sites (N-methyl/N-ethyl adjacent to an activating group) is 1. The average Bonchev–Trinajstić information content (AvgIpc) is 3.59. The number of fused-ring (bicyclic) bond motifs is 2. The van der Waals surface area contributed by atoms with Crippen molar-refractivity contribution in [2.24, 2.45) is 4.99 Å². The van der Waals surface area contributed by atoms with Gasteiger partial charge in [0.2, 0.25) is 5.91 Å². The number of aromatic nitrogens is 1. The molecule has 1 heterocycles. The molecule has 5 aromatic carbocycles. The normalized spacial score (nSPS) is 12.0. The van der Waals surface area contributed by atoms with Crippen molar-refractivity contribution in [3.63, 3.8) is 0 Å². The zero-order valence-electron chi connectivity index (χ0n) is 30.2. The summed E-state index contributed by atoms with van der Waals surface area (Å²) in [6.07, 6.45) is 2.09. The maximum absolute atomic E-state index is 14.0. The number of nitrogens with zero attached hydrogens (tertiary/aromatic N) is 2. The maximum atomic E-state index is 14.0. The van der Waals surface area contributed by atoms with Crippen LogP contribution < -0.4 is 26.6 Å². The van der Waals surface area contributed by atoms with Crippen LogP contribution in [0.25, 0.3) is 21.7 Å². The first-order chi connectivity index (χ1) is 26.2. The molecule has 3 amide bonds. The van der Waals surface area contributed by atoms with E-state index in [9.17, 15) is 14.4 Å². The van der Waals surface area contributed by atoms with Gasteiger partial charge in [0.05, 0.1) is 17.8 Å². The van der Waals surface area contributed by atoms with E-state index >= 15 is 0 Å². The molecule has 0 spiro atoms. The van der Waals surface area contributed by atoms with E-state index in [1.54, 1.807) is 24.3 Å². The van der Waals surface area contributed by atoms with Gasteiger partial charge in [0.25, 0.3) is 11.8 Å². The van der Waals surface area contributed by atoms with Gasteiger partial charge in [-0.3, -0.25) is 19.4 Å². The van der Waals surface area contributed by atoms with Crippen molar-refractivity contribution in [3.05, 3.63) is 143 Å². The van der Waals surface area contributed by atoms with E-state index in [4.69, 9.17) is 0 Å². The fraction of sp³-hybridized carbons (Fsp3) is 0.190. The van der Waals surface area contributed by atoms with E-state index < -0.39 is 11.9 Å². The van der Waals surface area contributed by atoms with Gasteiger partial charge in [0.15, 0.2) is 5.96 Å². The number of amides is 3. The van der Waals surface area contributed by atoms with Crippen LogP contribution in [-0.2, 0) is 11.2 Å². The summed E-state index contributed by atoms with van der Waals surface area (Å²) < 4.78 is 0.646. The summed E-state index contributed by atoms with van der Waals surface area (Å²) in [5, 5.41) is 18.4. The summed E-state index contributed by atoms with van der Waals surface area (Å²) >= 11 is 3.47. The molecule has 54 heavy (non-hydrogen) atoms. The molecule has 0 bridgehead atoms. The van der Waals surface area contributed by atoms with E-state index in [0.717, 1.165) is 39.5 Å². The molecule has 6 N–H and O–H groups in total. The Balaban J connectivity index is 1.17. The van der Waals surface area contributed by atoms with Gasteiger partial charge in [-0.05, 0) is 79.0 Å². The van der Waals surface area contributed by atoms with Crippen molar-refractivity contribution >= 4 is 72.7 Å². The summed E-state index contributed by atoms with van der Waals surface area (Å²) in [5.41, 5.74) is 3.68. The average molecular weight is 788 g/mol. The van der Waals surface area contributed by atoms with Crippen LogP contribution in [0, 0.1) is 0 Å². The summed E-state index contributed by atoms with van der Waals surface area (Å²) in [4.78, 5) is 51.4. The fourth-order valence-electron chi connectivity index (χ4n) is 5.95. The Morgan fingerprint density at radius 1 is 0.778 bits per heavy atom. The van der Waals surface area contributed by atoms with Crippen molar-refractivity contribution in [3.8, 4) is 0 Å². The fourth-order valence-corrected chi connectivity index (χ4v) is 6.31. The van der Waals surface area contributed by atoms with Gasteiger partial charge < -0.3 is 36.5 Å². The summed E-state index contributed by atoms with van der Waals surface area (Å²) in [6.45, 7) is 2.02. The highest BCUT2D eigenvalue weighted by Crippen LogP contribution is 2.24. The number of halogens is 1. The smallest absolute Gasteiger partial charge is 0.255 e. The number of rotatable bonds is 14. The Kier molecular flexibility index (Phi) is 12.7. The third-order valence-corrected chi connectivity index (χ3v) is 9.27. The molecular formula is C42H43BrN8O3. The molecule has 0 saturated heterocycles. The number of anilines is 2. The van der Waals surface area contributed by atoms with E-state index in [0.29, 0.717) is 34.8 Å². The van der Waals surface area contributed by atoms with Gasteiger partial charge in [0.1, 0.15) is 6.04 Å². The van der Waals surface area contributed by atoms with Crippen LogP contribution in [0.2, 0.25) is 0 Å². The lowest BCUT2D eigenvalue weighted by Crippen LogP contribution is -2.49. The predicted octanol–water partition coefficient (Wildman–Crippen LogP) is 6.41. The third-order valence-electron chi connectivity index (χ3n) is 8.78. The van der Waals surface area contributed by atoms with Gasteiger partial charge in [-0.25, -0.2) is 0 Å². The molecule has 276 valence electrons. The lowest BCUT2D eigenvalue weighted by atomic mass is 10.0. The zero-order valence-corrected chi connectivity index (χ0v) is 31.7. The van der Waals surface area contributed by atoms with Gasteiger partial charge in [-0.2, -0.15) is 0 Å². The van der Waals surface area contributed by atoms with Crippen LogP contribution in [0.4, 0.5) is 11.4 Å². The highest BCUT2D eigenvalue weighted by molar-refractivity contribution is 9.10. The first-order valence-electron chi connectivity index (χ1n) is 17.7. The van der Waals surface area contributed by atoms with Crippen LogP contribution in [0.3, 0.4) is 0 Å². The molecule has 0 aliphatic heterocycles. The highest BCUT2D eigenvalue weighted by atomic mass is 79.9. The quantitative estimate of drug-likeness (QED) is 0.0428. The number of hydrogen-bond acceptors (Lipinski definition) is 5. The van der Waals surface area contributed by atoms with Gasteiger partial charge in [-0.15, -0.1) is 0 Å². The Bertz CT molecular complexity index is 2270. The molecule has 6 aromatic rings. The van der Waals surface area contributed by atoms with Crippen molar-refractivity contribution < 1.29 is 14.4 Å². The van der Waals surface area contributed by atoms with Crippen molar-refractivity contribution in [1.82, 2.24) is 25.8 Å². The number of para-hydroxylation sites is 2. The van der Waals surface area contributed by atoms with Crippen LogP contribution >= 0.6 is 15.9 Å². The first kappa shape index (κ1) is 37.8. The number of aromatic amines is 1. The van der Waals surface area contributed by atoms with Crippen LogP contribution in [0.1, 0.15) is 26.3 Å². The lowest BCUT2D eigenvalue weighted by Gasteiger charge is -2.20. The van der Waals surface area contributed by atoms with E-state index in [1.807, 2.05) is 111 Å². The number of nitrogens with one attached hydrogen (secondary N) is 6. The first-order valence-corrected chi connectivity index (χ1v) is 18.5. The minimum atomic E-state index is -0.935. The molecule has 0 radical (unpaired) electrons. The monoisotopic (exact) mass is 786 g/mol. The SMILES string of the molecule is CN(C)CCN=C(NCCNC(=O)[C@H](Cc1c[nH]c2ccccc12)NC(=O)c1cc(Br)ccc1NC(=O)c1ccc2ccccc2c1)Nc1ccccc1. The minimum absolute atomic E-state index is 0.211. The number of carbonyl (C=O) groups is 3. The highest BCUT2D eigenvalue weighted by Gasteiger charge is 2.25. The summed E-state index contributed by atoms with van der Waals surface area (Å²) in [7, 11) is 3.99. The molecule has 1 aromatic heterocycles. The number of benzene rings is 5. The minimum Gasteiger partial charge on any atom is -0.361 e. The predicted molar refractivity (Wildman–Crippen MR) is 221 cm³/mol. The van der Waals surface area contributed by atoms with E-state index in [1.165, 1.54) is 0 Å². The molecular weight excluding hydrogens is 744 g/mol. The van der Waals surface area contributed by atoms with Crippen LogP contribution in [0.5, 0.6) is 0 Å². The second kappa shape index (κ2) is 18.2. The second-order valence-corrected chi connectivity index (χ2v) is 14.0. The largest absolute Gasteiger partial charge is 0.361 e. The number of guanidine groups is 1. The Hall–Kier alpha value is -5.98. The Morgan fingerprint density at radius 2 is 1.52 bits per heavy atom. The summed E-state index contributed by atoms with van der Waals surface area (Å²) in [6, 6.07) is 34.9. The van der Waals surface area contributed by atoms with Crippen molar-refractivity contribution in [1.29, 1.82) is 0 Å². The zero-order chi connectivity index (χ0) is 37.9. The number of hydrogen-bond donors (Lipinski definition) is 6. The second-order valence-electron chi connectivity index (χ2n) is 13.0. The standard InChI is InChI=1S/C42H43BrN8O3/c1-51(2)23-22-46-42(48-33-12-4-3-5-13-33)45-21-20-44-41(54)38(25-31-27-47-36-15-9-8-14-34(31)36)50-40(53)35-26-32(43)18-19-37(35)49-39(52)30-17-16-28-10-6-7-11-29(28)24-30/h3-19,24,26-27,38,47H,20-23,25H2,1-2H3,(H,44,54)(H,49,52)(H,50,53)(H2,45,46,48)/t38-/m0/s1. The third kappa shape index (κ3) is 10.1. The van der Waals surface area contributed by atoms with Gasteiger partial charge in [-0.1, -0.05) is 82.7 Å². The molecule has 0 aliphatic rings. The maximum Gasteiger partial charge on any atom is 0.255 e. The topological polar surface area (TPSA) is 143 Å². The number of aliphatic imine (C=N–C) groups is 1. The van der Waals surface area contributed by atoms with Crippen LogP contribution in [-0.4, -0.2) is 79.9 Å². The van der Waals surface area contributed by atoms with Gasteiger partial charge in [0, 0.05) is 58.9 Å².